The van der Waals surface area contributed by atoms with Gasteiger partial charge in [0.2, 0.25) is 5.95 Å². The molecule has 0 aliphatic carbocycles. The van der Waals surface area contributed by atoms with Crippen LogP contribution in [-0.4, -0.2) is 51.2 Å². The van der Waals surface area contributed by atoms with Crippen molar-refractivity contribution in [2.45, 2.75) is 19.9 Å². The van der Waals surface area contributed by atoms with Crippen LogP contribution in [0.15, 0.2) is 43.0 Å². The second-order valence-corrected chi connectivity index (χ2v) is 6.80. The average Bonchev–Trinajstić information content (AvgIpc) is 3.23. The van der Waals surface area contributed by atoms with Gasteiger partial charge in [-0.25, -0.2) is 14.4 Å². The maximum Gasteiger partial charge on any atom is 0.225 e. The van der Waals surface area contributed by atoms with Crippen molar-refractivity contribution in [1.82, 2.24) is 25.1 Å². The minimum Gasteiger partial charge on any atom is -0.338 e. The Bertz CT molecular complexity index is 870. The molecule has 1 fully saturated rings. The number of benzene rings is 1. The molecule has 0 unspecified atom stereocenters. The highest BCUT2D eigenvalue weighted by atomic mass is 19.1. The van der Waals surface area contributed by atoms with Crippen LogP contribution in [0.5, 0.6) is 0 Å². The molecule has 1 aliphatic heterocycles. The molecule has 0 bridgehead atoms. The van der Waals surface area contributed by atoms with Crippen molar-refractivity contribution >= 4 is 5.95 Å². The Morgan fingerprint density at radius 3 is 2.52 bits per heavy atom. The van der Waals surface area contributed by atoms with E-state index in [0.717, 1.165) is 60.8 Å². The van der Waals surface area contributed by atoms with E-state index in [1.165, 1.54) is 6.07 Å². The van der Waals surface area contributed by atoms with Gasteiger partial charge in [0.05, 0.1) is 6.20 Å². The summed E-state index contributed by atoms with van der Waals surface area (Å²) in [6.07, 6.45) is 8.36. The van der Waals surface area contributed by atoms with Crippen molar-refractivity contribution in [1.29, 1.82) is 0 Å². The van der Waals surface area contributed by atoms with E-state index in [1.807, 2.05) is 24.7 Å². The van der Waals surface area contributed by atoms with Gasteiger partial charge in [-0.05, 0) is 35.2 Å². The lowest BCUT2D eigenvalue weighted by atomic mass is 10.0. The van der Waals surface area contributed by atoms with E-state index in [0.29, 0.717) is 6.54 Å². The number of halogens is 1. The van der Waals surface area contributed by atoms with E-state index in [9.17, 15) is 4.39 Å². The predicted octanol–water partition coefficient (Wildman–Crippen LogP) is 2.89. The Kier molecular flexibility index (Phi) is 5.11. The summed E-state index contributed by atoms with van der Waals surface area (Å²) < 4.78 is 13.8. The zero-order valence-corrected chi connectivity index (χ0v) is 15.4. The van der Waals surface area contributed by atoms with Gasteiger partial charge in [0.15, 0.2) is 0 Å². The molecule has 7 heteroatoms. The first-order chi connectivity index (χ1) is 13.2. The molecule has 1 aliphatic rings. The van der Waals surface area contributed by atoms with Gasteiger partial charge in [0.25, 0.3) is 0 Å². The number of hydrogen-bond donors (Lipinski definition) is 1. The van der Waals surface area contributed by atoms with E-state index in [4.69, 9.17) is 0 Å². The number of anilines is 1. The van der Waals surface area contributed by atoms with Crippen molar-refractivity contribution in [2.75, 3.05) is 31.1 Å². The molecular weight excluding hydrogens is 343 g/mol. The van der Waals surface area contributed by atoms with Crippen LogP contribution in [0.25, 0.3) is 11.1 Å². The highest BCUT2D eigenvalue weighted by molar-refractivity contribution is 5.65. The zero-order valence-electron chi connectivity index (χ0n) is 15.4. The van der Waals surface area contributed by atoms with Gasteiger partial charge in [-0.1, -0.05) is 13.0 Å². The fourth-order valence-corrected chi connectivity index (χ4v) is 3.41. The smallest absolute Gasteiger partial charge is 0.225 e. The van der Waals surface area contributed by atoms with Crippen LogP contribution in [0.1, 0.15) is 18.1 Å². The lowest BCUT2D eigenvalue weighted by Gasteiger charge is -2.35. The summed E-state index contributed by atoms with van der Waals surface area (Å²) in [5, 5.41) is 6.84. The Labute approximate surface area is 158 Å². The third-order valence-electron chi connectivity index (χ3n) is 5.03. The number of rotatable bonds is 5. The number of piperazine rings is 1. The predicted molar refractivity (Wildman–Crippen MR) is 103 cm³/mol. The van der Waals surface area contributed by atoms with Crippen LogP contribution >= 0.6 is 0 Å². The number of aryl methyl sites for hydroxylation is 1. The van der Waals surface area contributed by atoms with Crippen molar-refractivity contribution < 1.29 is 4.39 Å². The van der Waals surface area contributed by atoms with Crippen molar-refractivity contribution in [2.24, 2.45) is 0 Å². The van der Waals surface area contributed by atoms with E-state index >= 15 is 0 Å². The molecule has 2 aromatic heterocycles. The number of aromatic nitrogens is 4. The van der Waals surface area contributed by atoms with Crippen LogP contribution in [0.2, 0.25) is 0 Å². The largest absolute Gasteiger partial charge is 0.338 e. The monoisotopic (exact) mass is 366 g/mol. The van der Waals surface area contributed by atoms with Gasteiger partial charge in [0.1, 0.15) is 5.82 Å². The molecule has 1 aromatic carbocycles. The normalized spacial score (nSPS) is 15.3. The Morgan fingerprint density at radius 1 is 1.07 bits per heavy atom. The van der Waals surface area contributed by atoms with E-state index in [-0.39, 0.29) is 5.82 Å². The molecule has 0 atom stereocenters. The summed E-state index contributed by atoms with van der Waals surface area (Å²) in [6, 6.07) is 4.96. The second-order valence-electron chi connectivity index (χ2n) is 6.80. The second kappa shape index (κ2) is 7.84. The van der Waals surface area contributed by atoms with Gasteiger partial charge in [-0.15, -0.1) is 0 Å². The van der Waals surface area contributed by atoms with Crippen molar-refractivity contribution in [3.05, 3.63) is 59.9 Å². The molecule has 0 radical (unpaired) electrons. The minimum absolute atomic E-state index is 0.208. The Morgan fingerprint density at radius 2 is 1.85 bits per heavy atom. The number of nitrogens with one attached hydrogen (secondary N) is 1. The molecule has 0 spiro atoms. The third-order valence-corrected chi connectivity index (χ3v) is 5.03. The first-order valence-electron chi connectivity index (χ1n) is 9.28. The average molecular weight is 366 g/mol. The fourth-order valence-electron chi connectivity index (χ4n) is 3.41. The molecule has 0 saturated carbocycles. The zero-order chi connectivity index (χ0) is 18.6. The van der Waals surface area contributed by atoms with Gasteiger partial charge >= 0.3 is 0 Å². The summed E-state index contributed by atoms with van der Waals surface area (Å²) in [4.78, 5) is 13.5. The van der Waals surface area contributed by atoms with Crippen LogP contribution in [-0.2, 0) is 13.0 Å². The van der Waals surface area contributed by atoms with Crippen LogP contribution in [0, 0.1) is 5.82 Å². The van der Waals surface area contributed by atoms with E-state index in [1.54, 1.807) is 12.3 Å². The SMILES string of the molecule is CCc1cnc(N2CCN(Cc3cc(F)ccc3-c3cn[nH]c3)CC2)nc1. The van der Waals surface area contributed by atoms with Crippen LogP contribution in [0.4, 0.5) is 10.3 Å². The summed E-state index contributed by atoms with van der Waals surface area (Å²) in [5.74, 6) is 0.581. The summed E-state index contributed by atoms with van der Waals surface area (Å²) >= 11 is 0. The first kappa shape index (κ1) is 17.6. The molecule has 4 rings (SSSR count). The molecular formula is C20H23FN6. The molecule has 6 nitrogen and oxygen atoms in total. The number of hydrogen-bond acceptors (Lipinski definition) is 5. The van der Waals surface area contributed by atoms with Crippen LogP contribution < -0.4 is 4.90 Å². The number of nitrogens with zero attached hydrogens (tertiary/aromatic N) is 5. The van der Waals surface area contributed by atoms with Gasteiger partial charge in [-0.2, -0.15) is 5.10 Å². The minimum atomic E-state index is -0.208. The lowest BCUT2D eigenvalue weighted by Crippen LogP contribution is -2.46. The highest BCUT2D eigenvalue weighted by Gasteiger charge is 2.20. The van der Waals surface area contributed by atoms with Crippen molar-refractivity contribution in [3.63, 3.8) is 0 Å². The molecule has 140 valence electrons. The molecule has 3 heterocycles. The summed E-state index contributed by atoms with van der Waals surface area (Å²) in [5.41, 5.74) is 4.13. The van der Waals surface area contributed by atoms with Gasteiger partial charge in [0, 0.05) is 56.9 Å². The summed E-state index contributed by atoms with van der Waals surface area (Å²) in [6.45, 7) is 6.31. The fraction of sp³-hybridized carbons (Fsp3) is 0.350. The van der Waals surface area contributed by atoms with E-state index < -0.39 is 0 Å². The first-order valence-corrected chi connectivity index (χ1v) is 9.28. The molecule has 0 amide bonds. The number of H-pyrrole nitrogens is 1. The molecule has 3 aromatic rings. The number of aromatic amines is 1. The van der Waals surface area contributed by atoms with Crippen LogP contribution in [0.3, 0.4) is 0 Å². The Hall–Kier alpha value is -2.80. The third kappa shape index (κ3) is 3.98. The van der Waals surface area contributed by atoms with Crippen molar-refractivity contribution in [3.8, 4) is 11.1 Å². The van der Waals surface area contributed by atoms with E-state index in [2.05, 4.69) is 36.9 Å². The highest BCUT2D eigenvalue weighted by Crippen LogP contribution is 2.25. The topological polar surface area (TPSA) is 60.9 Å². The molecule has 1 N–H and O–H groups in total. The molecule has 1 saturated heterocycles. The quantitative estimate of drug-likeness (QED) is 0.752. The maximum atomic E-state index is 13.8. The lowest BCUT2D eigenvalue weighted by molar-refractivity contribution is 0.248. The standard InChI is InChI=1S/C20H23FN6/c1-2-15-10-22-20(23-11-15)27-7-5-26(6-8-27)14-16-9-18(21)3-4-19(16)17-12-24-25-13-17/h3-4,9-13H,2,5-8,14H2,1H3,(H,24,25). The van der Waals surface area contributed by atoms with Gasteiger partial charge < -0.3 is 4.90 Å². The summed E-state index contributed by atoms with van der Waals surface area (Å²) in [7, 11) is 0. The maximum absolute atomic E-state index is 13.8. The molecule has 27 heavy (non-hydrogen) atoms. The van der Waals surface area contributed by atoms with Gasteiger partial charge in [-0.3, -0.25) is 10.00 Å². The Balaban J connectivity index is 1.43.